The van der Waals surface area contributed by atoms with Gasteiger partial charge >= 0.3 is 0 Å². The van der Waals surface area contributed by atoms with Gasteiger partial charge in [0.05, 0.1) is 0 Å². The number of carbonyl (C=O) groups is 1. The van der Waals surface area contributed by atoms with Gasteiger partial charge in [0.15, 0.2) is 0 Å². The van der Waals surface area contributed by atoms with Crippen LogP contribution in [0.1, 0.15) is 10.4 Å². The molecule has 2 heterocycles. The van der Waals surface area contributed by atoms with Crippen LogP contribution in [-0.2, 0) is 0 Å². The molecule has 2 N–H and O–H groups in total. The van der Waals surface area contributed by atoms with Crippen LogP contribution in [0.3, 0.4) is 0 Å². The summed E-state index contributed by atoms with van der Waals surface area (Å²) in [6, 6.07) is 14.1. The second-order valence-corrected chi connectivity index (χ2v) is 6.81. The number of carbonyl (C=O) groups excluding carboxylic acids is 1. The normalized spacial score (nSPS) is 15.2. The summed E-state index contributed by atoms with van der Waals surface area (Å²) in [6.45, 7) is 5.27. The summed E-state index contributed by atoms with van der Waals surface area (Å²) < 4.78 is 12.9. The molecule has 1 saturated heterocycles. The van der Waals surface area contributed by atoms with Crippen LogP contribution in [0.25, 0.3) is 10.9 Å². The Morgan fingerprint density at radius 3 is 2.59 bits per heavy atom. The molecule has 5 nitrogen and oxygen atoms in total. The third-order valence-electron chi connectivity index (χ3n) is 5.10. The molecule has 1 amide bonds. The third-order valence-corrected chi connectivity index (χ3v) is 5.10. The van der Waals surface area contributed by atoms with Crippen LogP contribution in [0.15, 0.2) is 54.7 Å². The SMILES string of the molecule is O=C(NCCN1CCN(c2cccc3[nH]ccc23)CC1)c1ccc(F)cc1. The van der Waals surface area contributed by atoms with E-state index in [0.29, 0.717) is 12.1 Å². The van der Waals surface area contributed by atoms with Crippen molar-refractivity contribution < 1.29 is 9.18 Å². The number of benzene rings is 2. The monoisotopic (exact) mass is 366 g/mol. The topological polar surface area (TPSA) is 51.4 Å². The van der Waals surface area contributed by atoms with Crippen LogP contribution >= 0.6 is 0 Å². The van der Waals surface area contributed by atoms with Gasteiger partial charge in [-0.1, -0.05) is 6.07 Å². The first kappa shape index (κ1) is 17.5. The van der Waals surface area contributed by atoms with E-state index in [4.69, 9.17) is 0 Å². The Kier molecular flexibility index (Phi) is 5.07. The minimum absolute atomic E-state index is 0.159. The molecule has 1 aromatic heterocycles. The van der Waals surface area contributed by atoms with Gasteiger partial charge in [0, 0.05) is 67.6 Å². The number of hydrogen-bond acceptors (Lipinski definition) is 3. The van der Waals surface area contributed by atoms with Crippen molar-refractivity contribution in [1.29, 1.82) is 0 Å². The molecular weight excluding hydrogens is 343 g/mol. The highest BCUT2D eigenvalue weighted by atomic mass is 19.1. The number of aromatic nitrogens is 1. The van der Waals surface area contributed by atoms with Crippen molar-refractivity contribution in [2.24, 2.45) is 0 Å². The molecule has 1 aliphatic rings. The summed E-state index contributed by atoms with van der Waals surface area (Å²) >= 11 is 0. The zero-order valence-electron chi connectivity index (χ0n) is 15.1. The lowest BCUT2D eigenvalue weighted by molar-refractivity contribution is 0.0947. The largest absolute Gasteiger partial charge is 0.368 e. The molecule has 140 valence electrons. The summed E-state index contributed by atoms with van der Waals surface area (Å²) in [6.07, 6.45) is 1.98. The van der Waals surface area contributed by atoms with Gasteiger partial charge in [-0.2, -0.15) is 0 Å². The number of piperazine rings is 1. The standard InChI is InChI=1S/C21H23FN4O/c22-17-6-4-16(5-7-17)21(27)24-10-11-25-12-14-26(15-13-25)20-3-1-2-19-18(20)8-9-23-19/h1-9,23H,10-15H2,(H,24,27). The van der Waals surface area contributed by atoms with E-state index < -0.39 is 0 Å². The molecule has 3 aromatic rings. The number of nitrogens with zero attached hydrogens (tertiary/aromatic N) is 2. The number of H-pyrrole nitrogens is 1. The molecule has 0 unspecified atom stereocenters. The fraction of sp³-hybridized carbons (Fsp3) is 0.286. The van der Waals surface area contributed by atoms with Crippen molar-refractivity contribution in [3.8, 4) is 0 Å². The average Bonchev–Trinajstić information content (AvgIpc) is 3.18. The van der Waals surface area contributed by atoms with Crippen molar-refractivity contribution >= 4 is 22.5 Å². The van der Waals surface area contributed by atoms with E-state index in [-0.39, 0.29) is 11.7 Å². The lowest BCUT2D eigenvalue weighted by atomic mass is 10.1. The van der Waals surface area contributed by atoms with E-state index in [1.165, 1.54) is 40.9 Å². The van der Waals surface area contributed by atoms with E-state index in [0.717, 1.165) is 32.7 Å². The Bertz CT molecular complexity index is 913. The van der Waals surface area contributed by atoms with Gasteiger partial charge in [0.25, 0.3) is 5.91 Å². The van der Waals surface area contributed by atoms with E-state index in [9.17, 15) is 9.18 Å². The Labute approximate surface area is 157 Å². The highest BCUT2D eigenvalue weighted by Crippen LogP contribution is 2.26. The van der Waals surface area contributed by atoms with Crippen LogP contribution in [0.5, 0.6) is 0 Å². The van der Waals surface area contributed by atoms with Crippen LogP contribution < -0.4 is 10.2 Å². The maximum absolute atomic E-state index is 12.9. The molecule has 1 fully saturated rings. The first-order valence-electron chi connectivity index (χ1n) is 9.28. The Morgan fingerprint density at radius 2 is 1.81 bits per heavy atom. The van der Waals surface area contributed by atoms with Crippen LogP contribution in [-0.4, -0.2) is 55.1 Å². The van der Waals surface area contributed by atoms with Gasteiger partial charge in [-0.05, 0) is 42.5 Å². The van der Waals surface area contributed by atoms with Gasteiger partial charge in [-0.3, -0.25) is 9.69 Å². The maximum Gasteiger partial charge on any atom is 0.251 e. The number of nitrogens with one attached hydrogen (secondary N) is 2. The number of aromatic amines is 1. The summed E-state index contributed by atoms with van der Waals surface area (Å²) in [5.74, 6) is -0.493. The summed E-state index contributed by atoms with van der Waals surface area (Å²) in [7, 11) is 0. The van der Waals surface area contributed by atoms with E-state index in [1.807, 2.05) is 6.20 Å². The second kappa shape index (κ2) is 7.80. The van der Waals surface area contributed by atoms with Gasteiger partial charge in [0.1, 0.15) is 5.82 Å². The highest BCUT2D eigenvalue weighted by molar-refractivity contribution is 5.94. The van der Waals surface area contributed by atoms with Crippen molar-refractivity contribution in [3.05, 3.63) is 66.1 Å². The number of hydrogen-bond donors (Lipinski definition) is 2. The van der Waals surface area contributed by atoms with E-state index in [2.05, 4.69) is 44.4 Å². The minimum atomic E-state index is -0.334. The zero-order valence-corrected chi connectivity index (χ0v) is 15.1. The Morgan fingerprint density at radius 1 is 1.04 bits per heavy atom. The highest BCUT2D eigenvalue weighted by Gasteiger charge is 2.18. The fourth-order valence-corrected chi connectivity index (χ4v) is 3.59. The van der Waals surface area contributed by atoms with Gasteiger partial charge in [-0.15, -0.1) is 0 Å². The van der Waals surface area contributed by atoms with Crippen LogP contribution in [0, 0.1) is 5.82 Å². The molecule has 27 heavy (non-hydrogen) atoms. The second-order valence-electron chi connectivity index (χ2n) is 6.81. The zero-order chi connectivity index (χ0) is 18.6. The lowest BCUT2D eigenvalue weighted by Gasteiger charge is -2.36. The molecule has 1 aliphatic heterocycles. The van der Waals surface area contributed by atoms with Gasteiger partial charge < -0.3 is 15.2 Å². The molecule has 0 bridgehead atoms. The van der Waals surface area contributed by atoms with Crippen LogP contribution in [0.4, 0.5) is 10.1 Å². The number of amides is 1. The quantitative estimate of drug-likeness (QED) is 0.730. The minimum Gasteiger partial charge on any atom is -0.368 e. The fourth-order valence-electron chi connectivity index (χ4n) is 3.59. The molecule has 0 aliphatic carbocycles. The molecule has 0 radical (unpaired) electrons. The number of fused-ring (bicyclic) bond motifs is 1. The van der Waals surface area contributed by atoms with Gasteiger partial charge in [0.2, 0.25) is 0 Å². The molecule has 6 heteroatoms. The Balaban J connectivity index is 1.26. The summed E-state index contributed by atoms with van der Waals surface area (Å²) in [4.78, 5) is 20.1. The first-order valence-corrected chi connectivity index (χ1v) is 9.28. The predicted molar refractivity (Wildman–Crippen MR) is 106 cm³/mol. The lowest BCUT2D eigenvalue weighted by Crippen LogP contribution is -2.48. The van der Waals surface area contributed by atoms with Crippen LogP contribution in [0.2, 0.25) is 0 Å². The molecule has 0 atom stereocenters. The predicted octanol–water partition coefficient (Wildman–Crippen LogP) is 2.86. The van der Waals surface area contributed by atoms with Crippen molar-refractivity contribution in [3.63, 3.8) is 0 Å². The van der Waals surface area contributed by atoms with E-state index >= 15 is 0 Å². The van der Waals surface area contributed by atoms with Gasteiger partial charge in [-0.25, -0.2) is 4.39 Å². The molecular formula is C21H23FN4O. The third kappa shape index (κ3) is 3.95. The number of anilines is 1. The van der Waals surface area contributed by atoms with Crippen molar-refractivity contribution in [2.45, 2.75) is 0 Å². The smallest absolute Gasteiger partial charge is 0.251 e. The molecule has 4 rings (SSSR count). The Hall–Kier alpha value is -2.86. The van der Waals surface area contributed by atoms with E-state index in [1.54, 1.807) is 0 Å². The molecule has 2 aromatic carbocycles. The molecule has 0 spiro atoms. The summed E-state index contributed by atoms with van der Waals surface area (Å²) in [5.41, 5.74) is 2.93. The van der Waals surface area contributed by atoms with Crippen molar-refractivity contribution in [1.82, 2.24) is 15.2 Å². The van der Waals surface area contributed by atoms with Crippen molar-refractivity contribution in [2.75, 3.05) is 44.2 Å². The maximum atomic E-state index is 12.9. The molecule has 0 saturated carbocycles. The number of rotatable bonds is 5. The first-order chi connectivity index (χ1) is 13.2. The summed E-state index contributed by atoms with van der Waals surface area (Å²) in [5, 5.41) is 4.17. The average molecular weight is 366 g/mol. The number of halogens is 1.